The smallest absolute Gasteiger partial charge is 0.311 e. The van der Waals surface area contributed by atoms with Crippen molar-refractivity contribution in [1.29, 1.82) is 0 Å². The summed E-state index contributed by atoms with van der Waals surface area (Å²) in [6.45, 7) is 18.4. The Morgan fingerprint density at radius 3 is 1.86 bits per heavy atom. The lowest BCUT2D eigenvalue weighted by Crippen LogP contribution is -2.58. The lowest BCUT2D eigenvalue weighted by molar-refractivity contribution is -0.298. The van der Waals surface area contributed by atoms with Crippen molar-refractivity contribution in [3.8, 4) is 0 Å². The molecule has 0 amide bonds. The minimum absolute atomic E-state index is 0.161. The van der Waals surface area contributed by atoms with Gasteiger partial charge in [0, 0.05) is 46.1 Å². The molecule has 16 nitrogen and oxygen atoms in total. The predicted molar refractivity (Wildman–Crippen MR) is 198 cm³/mol. The first-order chi connectivity index (χ1) is 26.2. The third kappa shape index (κ3) is 10.9. The quantitative estimate of drug-likeness (QED) is 0.203. The van der Waals surface area contributed by atoms with Crippen molar-refractivity contribution in [2.45, 2.75) is 175 Å². The molecule has 0 aromatic heterocycles. The number of ketones is 1. The van der Waals surface area contributed by atoms with Gasteiger partial charge in [-0.25, -0.2) is 0 Å². The van der Waals surface area contributed by atoms with Crippen LogP contribution in [0.4, 0.5) is 0 Å². The number of hydrogen-bond donors (Lipinski definition) is 1. The maximum atomic E-state index is 14.4. The second-order valence-electron chi connectivity index (χ2n) is 16.4. The van der Waals surface area contributed by atoms with Crippen LogP contribution in [0, 0.1) is 29.6 Å². The Balaban J connectivity index is 1.80. The molecule has 4 fully saturated rings. The molecular weight excluding hydrogens is 734 g/mol. The van der Waals surface area contributed by atoms with Gasteiger partial charge in [0.2, 0.25) is 0 Å². The van der Waals surface area contributed by atoms with Gasteiger partial charge in [-0.2, -0.15) is 0 Å². The van der Waals surface area contributed by atoms with E-state index in [1.54, 1.807) is 41.7 Å². The van der Waals surface area contributed by atoms with Crippen molar-refractivity contribution in [2.75, 3.05) is 20.8 Å². The first-order valence-electron chi connectivity index (χ1n) is 20.0. The van der Waals surface area contributed by atoms with Crippen LogP contribution in [0.5, 0.6) is 0 Å². The molecule has 0 radical (unpaired) electrons. The lowest BCUT2D eigenvalue weighted by Gasteiger charge is -2.46. The number of carbonyl (C=O) groups is 5. The molecule has 4 aliphatic heterocycles. The van der Waals surface area contributed by atoms with Gasteiger partial charge in [-0.1, -0.05) is 27.7 Å². The van der Waals surface area contributed by atoms with E-state index in [2.05, 4.69) is 5.32 Å². The number of Topliss-reactive ketones (excluding diaryl/α,β-unsaturated/α-hetero) is 1. The molecule has 18 atom stereocenters. The van der Waals surface area contributed by atoms with Crippen LogP contribution in [0.25, 0.3) is 0 Å². The molecule has 4 saturated heterocycles. The topological polar surface area (TPSA) is 193 Å². The van der Waals surface area contributed by atoms with Gasteiger partial charge in [-0.3, -0.25) is 24.0 Å². The molecule has 0 aromatic carbocycles. The Labute approximate surface area is 330 Å². The van der Waals surface area contributed by atoms with Crippen molar-refractivity contribution in [1.82, 2.24) is 5.32 Å². The van der Waals surface area contributed by atoms with Crippen LogP contribution in [-0.4, -0.2) is 130 Å². The number of hydrogen-bond acceptors (Lipinski definition) is 16. The minimum Gasteiger partial charge on any atom is -0.462 e. The Kier molecular flexibility index (Phi) is 15.9. The van der Waals surface area contributed by atoms with Crippen LogP contribution >= 0.6 is 0 Å². The Morgan fingerprint density at radius 2 is 1.30 bits per heavy atom. The fourth-order valence-corrected chi connectivity index (χ4v) is 8.74. The first kappa shape index (κ1) is 46.0. The van der Waals surface area contributed by atoms with Gasteiger partial charge in [0.1, 0.15) is 18.3 Å². The zero-order valence-electron chi connectivity index (χ0n) is 35.3. The summed E-state index contributed by atoms with van der Waals surface area (Å²) < 4.78 is 61.2. The predicted octanol–water partition coefficient (Wildman–Crippen LogP) is 3.28. The maximum Gasteiger partial charge on any atom is 0.311 e. The SMILES string of the molecule is CN[C@H]1C[C@@H](C)OC(O[C@@H]2[C@@H](C)[C@H](O[C@H]3C[C@H](OC)[C@@H](OC(C)=O)[C@H](C)O3)[C@@H](C)C(=O)O[C@H](C)[C@H](C)[C@H](OC(C)=O)[C@@H](C)C(=O)[C@]3(CO3)C[C@@H]2C)[C@@H]1OC(C)=O. The second kappa shape index (κ2) is 19.3. The van der Waals surface area contributed by atoms with Crippen molar-refractivity contribution < 1.29 is 71.3 Å². The van der Waals surface area contributed by atoms with E-state index in [0.717, 1.165) is 0 Å². The molecule has 0 aromatic rings. The molecule has 1 unspecified atom stereocenters. The summed E-state index contributed by atoms with van der Waals surface area (Å²) in [5.41, 5.74) is -1.19. The van der Waals surface area contributed by atoms with Crippen LogP contribution in [0.3, 0.4) is 0 Å². The normalized spacial score (nSPS) is 43.9. The molecule has 16 heteroatoms. The average molecular weight is 800 g/mol. The van der Waals surface area contributed by atoms with E-state index < -0.39 is 120 Å². The molecule has 0 saturated carbocycles. The number of ether oxygens (including phenoxy) is 10. The molecular formula is C40H65NO15. The number of epoxide rings is 1. The van der Waals surface area contributed by atoms with E-state index in [9.17, 15) is 24.0 Å². The third-order valence-corrected chi connectivity index (χ3v) is 11.9. The summed E-state index contributed by atoms with van der Waals surface area (Å²) in [6.07, 6.45) is -7.40. The molecule has 56 heavy (non-hydrogen) atoms. The van der Waals surface area contributed by atoms with Gasteiger partial charge >= 0.3 is 23.9 Å². The number of esters is 4. The Bertz CT molecular complexity index is 1390. The number of nitrogens with one attached hydrogen (secondary N) is 1. The Hall–Kier alpha value is -2.73. The lowest BCUT2D eigenvalue weighted by atomic mass is 9.76. The zero-order chi connectivity index (χ0) is 41.8. The number of likely N-dealkylation sites (N-methyl/N-ethyl adjacent to an activating group) is 1. The van der Waals surface area contributed by atoms with Crippen LogP contribution < -0.4 is 5.32 Å². The summed E-state index contributed by atoms with van der Waals surface area (Å²) in [5.74, 6) is -5.71. The first-order valence-corrected chi connectivity index (χ1v) is 20.0. The largest absolute Gasteiger partial charge is 0.462 e. The van der Waals surface area contributed by atoms with E-state index in [1.165, 1.54) is 27.9 Å². The second-order valence-corrected chi connectivity index (χ2v) is 16.4. The van der Waals surface area contributed by atoms with Crippen LogP contribution in [0.1, 0.15) is 95.4 Å². The van der Waals surface area contributed by atoms with Crippen molar-refractivity contribution in [2.24, 2.45) is 29.6 Å². The highest BCUT2D eigenvalue weighted by Gasteiger charge is 2.58. The zero-order valence-corrected chi connectivity index (χ0v) is 35.3. The highest BCUT2D eigenvalue weighted by Crippen LogP contribution is 2.44. The highest BCUT2D eigenvalue weighted by molar-refractivity contribution is 5.92. The van der Waals surface area contributed by atoms with E-state index in [4.69, 9.17) is 47.4 Å². The summed E-state index contributed by atoms with van der Waals surface area (Å²) in [6, 6.07) is -0.298. The van der Waals surface area contributed by atoms with Gasteiger partial charge < -0.3 is 52.7 Å². The number of rotatable bonds is 9. The summed E-state index contributed by atoms with van der Waals surface area (Å²) in [5, 5.41) is 3.23. The van der Waals surface area contributed by atoms with Crippen molar-refractivity contribution in [3.05, 3.63) is 0 Å². The fraction of sp³-hybridized carbons (Fsp3) is 0.875. The van der Waals surface area contributed by atoms with E-state index in [0.29, 0.717) is 6.42 Å². The van der Waals surface area contributed by atoms with Gasteiger partial charge in [-0.05, 0) is 53.5 Å². The van der Waals surface area contributed by atoms with E-state index in [1.807, 2.05) is 20.8 Å². The third-order valence-electron chi connectivity index (χ3n) is 11.9. The molecule has 4 heterocycles. The standard InChI is InChI=1S/C40H65NO15/c1-18-16-40(17-48-40)37(45)22(5)33(52-26(9)42)20(3)24(7)51-38(46)23(6)34(55-31-15-30(47-13)35(25(8)50-31)53-27(10)43)21(4)32(18)56-39-36(54-28(11)44)29(41-12)14-19(2)49-39/h18-25,29-36,39,41H,14-17H2,1-13H3/t18-,19+,20-,21+,22+,23+,24+,25-,29-,30-,31-,32-,33-,34-,35-,36+,39?,40+/m0/s1. The van der Waals surface area contributed by atoms with Crippen molar-refractivity contribution in [3.63, 3.8) is 0 Å². The molecule has 0 aliphatic carbocycles. The Morgan fingerprint density at radius 1 is 0.714 bits per heavy atom. The number of cyclic esters (lactones) is 1. The van der Waals surface area contributed by atoms with Gasteiger partial charge in [0.05, 0.1) is 48.9 Å². The highest BCUT2D eigenvalue weighted by atomic mass is 16.7. The van der Waals surface area contributed by atoms with Gasteiger partial charge in [0.25, 0.3) is 0 Å². The molecule has 4 aliphatic rings. The van der Waals surface area contributed by atoms with Crippen LogP contribution in [-0.2, 0) is 71.3 Å². The fourth-order valence-electron chi connectivity index (χ4n) is 8.74. The summed E-state index contributed by atoms with van der Waals surface area (Å²) in [7, 11) is 3.29. The van der Waals surface area contributed by atoms with E-state index >= 15 is 0 Å². The molecule has 1 N–H and O–H groups in total. The molecule has 0 bridgehead atoms. The molecule has 320 valence electrons. The molecule has 4 rings (SSSR count). The molecule has 1 spiro atoms. The van der Waals surface area contributed by atoms with Gasteiger partial charge in [0.15, 0.2) is 36.2 Å². The summed E-state index contributed by atoms with van der Waals surface area (Å²) in [4.78, 5) is 65.2. The van der Waals surface area contributed by atoms with Gasteiger partial charge in [-0.15, -0.1) is 0 Å². The van der Waals surface area contributed by atoms with Crippen LogP contribution in [0.2, 0.25) is 0 Å². The minimum atomic E-state index is -1.19. The van der Waals surface area contributed by atoms with E-state index in [-0.39, 0.29) is 37.4 Å². The number of carbonyl (C=O) groups excluding carboxylic acids is 5. The monoisotopic (exact) mass is 799 g/mol. The van der Waals surface area contributed by atoms with Crippen LogP contribution in [0.15, 0.2) is 0 Å². The van der Waals surface area contributed by atoms with Crippen molar-refractivity contribution >= 4 is 29.7 Å². The average Bonchev–Trinajstić information content (AvgIpc) is 3.91. The maximum absolute atomic E-state index is 14.4. The summed E-state index contributed by atoms with van der Waals surface area (Å²) >= 11 is 0. The number of methoxy groups -OCH3 is 1.